The molecule has 3 nitrogen and oxygen atoms in total. The van der Waals surface area contributed by atoms with Gasteiger partial charge in [0.25, 0.3) is 0 Å². The highest BCUT2D eigenvalue weighted by Crippen LogP contribution is 2.35. The molecule has 2 heterocycles. The first-order valence-electron chi connectivity index (χ1n) is 6.90. The maximum absolute atomic E-state index is 9.63. The molecule has 0 aromatic heterocycles. The third-order valence-electron chi connectivity index (χ3n) is 4.33. The van der Waals surface area contributed by atoms with E-state index in [1.165, 1.54) is 19.4 Å². The minimum absolute atomic E-state index is 0.434. The first-order valence-corrected chi connectivity index (χ1v) is 7.28. The molecule has 2 unspecified atom stereocenters. The molecule has 2 atom stereocenters. The fraction of sp³-hybridized carbons (Fsp3) is 0.533. The average Bonchev–Trinajstić information content (AvgIpc) is 2.86. The van der Waals surface area contributed by atoms with Crippen LogP contribution in [-0.2, 0) is 0 Å². The topological polar surface area (TPSA) is 39.1 Å². The average molecular weight is 276 g/mol. The number of halogens is 1. The summed E-state index contributed by atoms with van der Waals surface area (Å²) in [6.45, 7) is 2.22. The third-order valence-corrected chi connectivity index (χ3v) is 4.57. The van der Waals surface area contributed by atoms with E-state index < -0.39 is 5.54 Å². The second-order valence-electron chi connectivity index (χ2n) is 5.62. The summed E-state index contributed by atoms with van der Waals surface area (Å²) < 4.78 is 0. The minimum Gasteiger partial charge on any atom is -0.367 e. The molecular weight excluding hydrogens is 258 g/mol. The van der Waals surface area contributed by atoms with Crippen molar-refractivity contribution in [3.8, 4) is 6.07 Å². The maximum Gasteiger partial charge on any atom is 0.128 e. The number of hydrogen-bond acceptors (Lipinski definition) is 3. The van der Waals surface area contributed by atoms with Crippen molar-refractivity contribution in [3.63, 3.8) is 0 Å². The van der Waals surface area contributed by atoms with Gasteiger partial charge in [0.1, 0.15) is 5.54 Å². The lowest BCUT2D eigenvalue weighted by atomic mass is 9.84. The van der Waals surface area contributed by atoms with Gasteiger partial charge in [-0.1, -0.05) is 17.7 Å². The van der Waals surface area contributed by atoms with Crippen molar-refractivity contribution in [2.45, 2.75) is 37.3 Å². The van der Waals surface area contributed by atoms with E-state index in [9.17, 15) is 5.26 Å². The van der Waals surface area contributed by atoms with Gasteiger partial charge in [0.15, 0.2) is 0 Å². The molecule has 2 aliphatic rings. The fourth-order valence-corrected chi connectivity index (χ4v) is 3.54. The van der Waals surface area contributed by atoms with Crippen molar-refractivity contribution in [2.75, 3.05) is 18.4 Å². The predicted molar refractivity (Wildman–Crippen MR) is 77.2 cm³/mol. The number of benzene rings is 1. The van der Waals surface area contributed by atoms with Crippen LogP contribution < -0.4 is 5.32 Å². The molecule has 0 radical (unpaired) electrons. The minimum atomic E-state index is -0.434. The molecule has 0 amide bonds. The molecular formula is C15H18ClN3. The Bertz CT molecular complexity index is 510. The second kappa shape index (κ2) is 5.03. The highest BCUT2D eigenvalue weighted by Gasteiger charge is 2.41. The summed E-state index contributed by atoms with van der Waals surface area (Å²) in [5.74, 6) is 0. The van der Waals surface area contributed by atoms with Crippen molar-refractivity contribution in [1.82, 2.24) is 4.90 Å². The number of nitrogens with one attached hydrogen (secondary N) is 1. The zero-order valence-corrected chi connectivity index (χ0v) is 11.7. The fourth-order valence-electron chi connectivity index (χ4n) is 3.35. The van der Waals surface area contributed by atoms with Crippen LogP contribution in [0.25, 0.3) is 0 Å². The first kappa shape index (κ1) is 12.8. The van der Waals surface area contributed by atoms with Gasteiger partial charge in [-0.15, -0.1) is 0 Å². The lowest BCUT2D eigenvalue weighted by Gasteiger charge is -2.40. The Balaban J connectivity index is 1.78. The van der Waals surface area contributed by atoms with E-state index in [-0.39, 0.29) is 0 Å². The van der Waals surface area contributed by atoms with Crippen molar-refractivity contribution in [2.24, 2.45) is 0 Å². The molecule has 0 spiro atoms. The van der Waals surface area contributed by atoms with E-state index in [4.69, 9.17) is 11.6 Å². The lowest BCUT2D eigenvalue weighted by Crippen LogP contribution is -2.51. The van der Waals surface area contributed by atoms with Crippen molar-refractivity contribution in [1.29, 1.82) is 5.26 Å². The number of nitriles is 1. The summed E-state index contributed by atoms with van der Waals surface area (Å²) in [7, 11) is 0. The molecule has 3 rings (SSSR count). The number of fused-ring (bicyclic) bond motifs is 1. The summed E-state index contributed by atoms with van der Waals surface area (Å²) >= 11 is 6.01. The molecule has 2 saturated heterocycles. The van der Waals surface area contributed by atoms with E-state index >= 15 is 0 Å². The van der Waals surface area contributed by atoms with E-state index in [1.54, 1.807) is 0 Å². The normalized spacial score (nSPS) is 30.6. The number of nitrogens with zero attached hydrogens (tertiary/aromatic N) is 2. The van der Waals surface area contributed by atoms with Gasteiger partial charge in [0, 0.05) is 23.3 Å². The third kappa shape index (κ3) is 2.56. The SMILES string of the molecule is N#CC1(Nc2cccc(Cl)c2)CCN2CCCC2C1. The van der Waals surface area contributed by atoms with Gasteiger partial charge >= 0.3 is 0 Å². The van der Waals surface area contributed by atoms with Gasteiger partial charge in [-0.2, -0.15) is 5.26 Å². The van der Waals surface area contributed by atoms with Crippen LogP contribution in [0.2, 0.25) is 5.02 Å². The zero-order chi connectivity index (χ0) is 13.3. The summed E-state index contributed by atoms with van der Waals surface area (Å²) in [6.07, 6.45) is 4.28. The number of hydrogen-bond donors (Lipinski definition) is 1. The lowest BCUT2D eigenvalue weighted by molar-refractivity contribution is 0.165. The molecule has 4 heteroatoms. The van der Waals surface area contributed by atoms with Gasteiger partial charge in [-0.3, -0.25) is 0 Å². The van der Waals surface area contributed by atoms with Crippen LogP contribution in [0.3, 0.4) is 0 Å². The Hall–Kier alpha value is -1.24. The van der Waals surface area contributed by atoms with Crippen LogP contribution >= 0.6 is 11.6 Å². The Morgan fingerprint density at radius 2 is 2.32 bits per heavy atom. The summed E-state index contributed by atoms with van der Waals surface area (Å²) in [5.41, 5.74) is 0.511. The van der Waals surface area contributed by atoms with Crippen molar-refractivity contribution in [3.05, 3.63) is 29.3 Å². The van der Waals surface area contributed by atoms with Crippen LogP contribution in [0.1, 0.15) is 25.7 Å². The highest BCUT2D eigenvalue weighted by molar-refractivity contribution is 6.30. The van der Waals surface area contributed by atoms with Crippen LogP contribution in [0, 0.1) is 11.3 Å². The molecule has 0 aliphatic carbocycles. The van der Waals surface area contributed by atoms with Crippen molar-refractivity contribution < 1.29 is 0 Å². The molecule has 1 aromatic carbocycles. The predicted octanol–water partition coefficient (Wildman–Crippen LogP) is 3.27. The number of piperidine rings is 1. The van der Waals surface area contributed by atoms with Gasteiger partial charge in [0.2, 0.25) is 0 Å². The van der Waals surface area contributed by atoms with E-state index in [0.717, 1.165) is 25.1 Å². The molecule has 0 bridgehead atoms. The zero-order valence-electron chi connectivity index (χ0n) is 10.9. The Morgan fingerprint density at radius 1 is 1.42 bits per heavy atom. The Morgan fingerprint density at radius 3 is 3.11 bits per heavy atom. The van der Waals surface area contributed by atoms with E-state index in [1.807, 2.05) is 24.3 Å². The molecule has 2 fully saturated rings. The standard InChI is InChI=1S/C15H18ClN3/c16-12-3-1-4-13(9-12)18-15(11-17)6-8-19-7-2-5-14(19)10-15/h1,3-4,9,14,18H,2,5-8,10H2. The molecule has 19 heavy (non-hydrogen) atoms. The molecule has 2 aliphatic heterocycles. The van der Waals surface area contributed by atoms with Crippen LogP contribution in [0.15, 0.2) is 24.3 Å². The Kier molecular flexibility index (Phi) is 3.38. The second-order valence-corrected chi connectivity index (χ2v) is 6.05. The monoisotopic (exact) mass is 275 g/mol. The van der Waals surface area contributed by atoms with Gasteiger partial charge in [0.05, 0.1) is 6.07 Å². The summed E-state index contributed by atoms with van der Waals surface area (Å²) in [6, 6.07) is 10.7. The van der Waals surface area contributed by atoms with Gasteiger partial charge in [-0.25, -0.2) is 0 Å². The quantitative estimate of drug-likeness (QED) is 0.900. The maximum atomic E-state index is 9.63. The number of rotatable bonds is 2. The largest absolute Gasteiger partial charge is 0.367 e. The number of anilines is 1. The van der Waals surface area contributed by atoms with Crippen LogP contribution in [0.4, 0.5) is 5.69 Å². The van der Waals surface area contributed by atoms with Gasteiger partial charge < -0.3 is 10.2 Å². The molecule has 1 N–H and O–H groups in total. The molecule has 0 saturated carbocycles. The Labute approximate surface area is 119 Å². The summed E-state index contributed by atoms with van der Waals surface area (Å²) in [4.78, 5) is 2.52. The van der Waals surface area contributed by atoms with Crippen molar-refractivity contribution >= 4 is 17.3 Å². The smallest absolute Gasteiger partial charge is 0.128 e. The van der Waals surface area contributed by atoms with Crippen LogP contribution in [-0.4, -0.2) is 29.6 Å². The highest BCUT2D eigenvalue weighted by atomic mass is 35.5. The first-order chi connectivity index (χ1) is 9.21. The van der Waals surface area contributed by atoms with Gasteiger partial charge in [-0.05, 0) is 50.4 Å². The van der Waals surface area contributed by atoms with E-state index in [0.29, 0.717) is 11.1 Å². The van der Waals surface area contributed by atoms with Crippen LogP contribution in [0.5, 0.6) is 0 Å². The molecule has 100 valence electrons. The molecule has 1 aromatic rings. The summed E-state index contributed by atoms with van der Waals surface area (Å²) in [5, 5.41) is 13.8. The van der Waals surface area contributed by atoms with E-state index in [2.05, 4.69) is 16.3 Å².